The lowest BCUT2D eigenvalue weighted by molar-refractivity contribution is 0.0903. The molecule has 1 saturated carbocycles. The van der Waals surface area contributed by atoms with E-state index in [9.17, 15) is 4.79 Å². The molecule has 4 nitrogen and oxygen atoms in total. The third kappa shape index (κ3) is 1.47. The van der Waals surface area contributed by atoms with Crippen molar-refractivity contribution in [3.05, 3.63) is 0 Å². The van der Waals surface area contributed by atoms with Gasteiger partial charge in [-0.1, -0.05) is 12.8 Å². The fourth-order valence-corrected chi connectivity index (χ4v) is 3.02. The van der Waals surface area contributed by atoms with E-state index in [1.54, 1.807) is 0 Å². The molecule has 0 aromatic carbocycles. The van der Waals surface area contributed by atoms with Gasteiger partial charge in [-0.25, -0.2) is 4.79 Å². The van der Waals surface area contributed by atoms with Crippen LogP contribution in [0.3, 0.4) is 0 Å². The highest BCUT2D eigenvalue weighted by Gasteiger charge is 2.44. The summed E-state index contributed by atoms with van der Waals surface area (Å²) in [4.78, 5) is 12.5. The molecule has 2 N–H and O–H groups in total. The number of aliphatic hydroxyl groups excluding tert-OH is 1. The number of hydrogen-bond donors (Lipinski definition) is 2. The Bertz CT molecular complexity index is 231. The smallest absolute Gasteiger partial charge is 0.407 e. The van der Waals surface area contributed by atoms with Crippen molar-refractivity contribution in [2.75, 3.05) is 6.61 Å². The topological polar surface area (TPSA) is 60.8 Å². The van der Waals surface area contributed by atoms with Gasteiger partial charge in [-0.05, 0) is 25.2 Å². The van der Waals surface area contributed by atoms with Crippen LogP contribution in [-0.4, -0.2) is 39.9 Å². The first-order valence-corrected chi connectivity index (χ1v) is 5.36. The number of likely N-dealkylation sites (tertiary alicyclic amines) is 1. The first kappa shape index (κ1) is 9.77. The zero-order valence-electron chi connectivity index (χ0n) is 8.22. The van der Waals surface area contributed by atoms with E-state index >= 15 is 0 Å². The lowest BCUT2D eigenvalue weighted by Crippen LogP contribution is -2.43. The molecule has 2 fully saturated rings. The minimum atomic E-state index is -0.863. The van der Waals surface area contributed by atoms with Gasteiger partial charge in [0.05, 0.1) is 12.6 Å². The van der Waals surface area contributed by atoms with E-state index in [-0.39, 0.29) is 18.7 Å². The van der Waals surface area contributed by atoms with Crippen LogP contribution < -0.4 is 0 Å². The number of carbonyl (C=O) groups is 1. The van der Waals surface area contributed by atoms with E-state index in [4.69, 9.17) is 10.2 Å². The highest BCUT2D eigenvalue weighted by atomic mass is 16.4. The second kappa shape index (κ2) is 3.77. The van der Waals surface area contributed by atoms with Gasteiger partial charge >= 0.3 is 6.09 Å². The molecular weight excluding hydrogens is 182 g/mol. The Morgan fingerprint density at radius 1 is 1.36 bits per heavy atom. The minimum Gasteiger partial charge on any atom is -0.465 e. The summed E-state index contributed by atoms with van der Waals surface area (Å²) in [6.07, 6.45) is 4.44. The number of carboxylic acid groups (broad SMARTS) is 1. The third-order valence-corrected chi connectivity index (χ3v) is 3.63. The van der Waals surface area contributed by atoms with E-state index in [0.717, 1.165) is 25.7 Å². The quantitative estimate of drug-likeness (QED) is 0.669. The summed E-state index contributed by atoms with van der Waals surface area (Å²) in [7, 11) is 0. The van der Waals surface area contributed by atoms with E-state index in [1.165, 1.54) is 11.3 Å². The molecule has 14 heavy (non-hydrogen) atoms. The van der Waals surface area contributed by atoms with Gasteiger partial charge in [-0.2, -0.15) is 0 Å². The number of nitrogens with zero attached hydrogens (tertiary/aromatic N) is 1. The Balaban J connectivity index is 2.14. The summed E-state index contributed by atoms with van der Waals surface area (Å²) < 4.78 is 0. The predicted molar refractivity (Wildman–Crippen MR) is 51.1 cm³/mol. The molecule has 2 aliphatic rings. The summed E-state index contributed by atoms with van der Waals surface area (Å²) in [6.45, 7) is -0.0285. The first-order chi connectivity index (χ1) is 6.74. The molecule has 0 radical (unpaired) electrons. The Morgan fingerprint density at radius 3 is 2.71 bits per heavy atom. The average Bonchev–Trinajstić information content (AvgIpc) is 2.55. The summed E-state index contributed by atoms with van der Waals surface area (Å²) in [5.74, 6) is 0.497. The zero-order chi connectivity index (χ0) is 10.1. The molecule has 1 aliphatic heterocycles. The maximum Gasteiger partial charge on any atom is 0.407 e. The van der Waals surface area contributed by atoms with E-state index < -0.39 is 6.09 Å². The Labute approximate surface area is 83.5 Å². The van der Waals surface area contributed by atoms with Gasteiger partial charge in [-0.3, -0.25) is 4.90 Å². The zero-order valence-corrected chi connectivity index (χ0v) is 8.22. The fraction of sp³-hybridized carbons (Fsp3) is 0.900. The van der Waals surface area contributed by atoms with Crippen molar-refractivity contribution >= 4 is 6.09 Å². The maximum absolute atomic E-state index is 11.0. The van der Waals surface area contributed by atoms with Gasteiger partial charge in [0.1, 0.15) is 0 Å². The van der Waals surface area contributed by atoms with Gasteiger partial charge < -0.3 is 10.2 Å². The molecule has 1 aliphatic carbocycles. The molecule has 0 unspecified atom stereocenters. The molecule has 1 amide bonds. The van der Waals surface area contributed by atoms with Crippen LogP contribution in [0.2, 0.25) is 0 Å². The van der Waals surface area contributed by atoms with E-state index in [2.05, 4.69) is 0 Å². The lowest BCUT2D eigenvalue weighted by Gasteiger charge is -2.31. The highest BCUT2D eigenvalue weighted by Crippen LogP contribution is 2.39. The van der Waals surface area contributed by atoms with Crippen LogP contribution in [0.1, 0.15) is 32.1 Å². The monoisotopic (exact) mass is 199 g/mol. The molecule has 1 saturated heterocycles. The first-order valence-electron chi connectivity index (χ1n) is 5.36. The second-order valence-electron chi connectivity index (χ2n) is 4.37. The highest BCUT2D eigenvalue weighted by molar-refractivity contribution is 5.66. The van der Waals surface area contributed by atoms with Gasteiger partial charge in [0.2, 0.25) is 0 Å². The third-order valence-electron chi connectivity index (χ3n) is 3.63. The van der Waals surface area contributed by atoms with Crippen molar-refractivity contribution in [2.45, 2.75) is 44.2 Å². The van der Waals surface area contributed by atoms with Crippen LogP contribution in [0.4, 0.5) is 4.79 Å². The summed E-state index contributed by atoms with van der Waals surface area (Å²) in [6, 6.07) is 0.0269. The maximum atomic E-state index is 11.0. The fourth-order valence-electron chi connectivity index (χ4n) is 3.02. The molecule has 0 aromatic rings. The van der Waals surface area contributed by atoms with Crippen LogP contribution >= 0.6 is 0 Å². The van der Waals surface area contributed by atoms with Crippen LogP contribution in [0.15, 0.2) is 0 Å². The normalized spacial score (nSPS) is 36.9. The molecule has 2 rings (SSSR count). The van der Waals surface area contributed by atoms with Crippen LogP contribution in [-0.2, 0) is 0 Å². The molecule has 1 heterocycles. The standard InChI is InChI=1S/C10H17NO3/c12-6-8-5-7-3-1-2-4-9(7)11(8)10(13)14/h7-9,12H,1-6H2,(H,13,14)/t7-,8-,9-/m0/s1. The minimum absolute atomic E-state index is 0.0285. The van der Waals surface area contributed by atoms with E-state index in [1.807, 2.05) is 0 Å². The Hall–Kier alpha value is -0.770. The van der Waals surface area contributed by atoms with Gasteiger partial charge in [0.15, 0.2) is 0 Å². The summed E-state index contributed by atoms with van der Waals surface area (Å²) in [5.41, 5.74) is 0. The molecular formula is C10H17NO3. The van der Waals surface area contributed by atoms with Crippen LogP contribution in [0.5, 0.6) is 0 Å². The summed E-state index contributed by atoms with van der Waals surface area (Å²) >= 11 is 0. The second-order valence-corrected chi connectivity index (χ2v) is 4.37. The van der Waals surface area contributed by atoms with Crippen molar-refractivity contribution < 1.29 is 15.0 Å². The van der Waals surface area contributed by atoms with Crippen molar-refractivity contribution in [1.82, 2.24) is 4.90 Å². The molecule has 3 atom stereocenters. The summed E-state index contributed by atoms with van der Waals surface area (Å²) in [5, 5.41) is 18.2. The van der Waals surface area contributed by atoms with Gasteiger partial charge in [0, 0.05) is 6.04 Å². The number of hydrogen-bond acceptors (Lipinski definition) is 2. The molecule has 0 bridgehead atoms. The van der Waals surface area contributed by atoms with Crippen molar-refractivity contribution in [3.8, 4) is 0 Å². The molecule has 80 valence electrons. The average molecular weight is 199 g/mol. The van der Waals surface area contributed by atoms with Crippen molar-refractivity contribution in [1.29, 1.82) is 0 Å². The molecule has 4 heteroatoms. The molecule has 0 aromatic heterocycles. The number of rotatable bonds is 1. The van der Waals surface area contributed by atoms with Crippen LogP contribution in [0.25, 0.3) is 0 Å². The number of fused-ring (bicyclic) bond motifs is 1. The lowest BCUT2D eigenvalue weighted by atomic mass is 9.85. The van der Waals surface area contributed by atoms with Crippen molar-refractivity contribution in [3.63, 3.8) is 0 Å². The van der Waals surface area contributed by atoms with E-state index in [0.29, 0.717) is 5.92 Å². The Kier molecular flexibility index (Phi) is 2.63. The van der Waals surface area contributed by atoms with Gasteiger partial charge in [-0.15, -0.1) is 0 Å². The van der Waals surface area contributed by atoms with Gasteiger partial charge in [0.25, 0.3) is 0 Å². The largest absolute Gasteiger partial charge is 0.465 e. The predicted octanol–water partition coefficient (Wildman–Crippen LogP) is 1.29. The van der Waals surface area contributed by atoms with Crippen molar-refractivity contribution in [2.24, 2.45) is 5.92 Å². The number of amides is 1. The number of aliphatic hydroxyl groups is 1. The van der Waals surface area contributed by atoms with Crippen LogP contribution in [0, 0.1) is 5.92 Å². The SMILES string of the molecule is O=C(O)N1[C@H](CO)C[C@@H]2CCCC[C@@H]21. The molecule has 0 spiro atoms. The Morgan fingerprint density at radius 2 is 2.07 bits per heavy atom.